The number of hydrogen-bond acceptors (Lipinski definition) is 4. The van der Waals surface area contributed by atoms with Crippen LogP contribution in [-0.4, -0.2) is 33.4 Å². The predicted octanol–water partition coefficient (Wildman–Crippen LogP) is 4.62. The number of anilines is 1. The average molecular weight is 547 g/mol. The summed E-state index contributed by atoms with van der Waals surface area (Å²) >= 11 is 7.42. The quantitative estimate of drug-likeness (QED) is 0.312. The van der Waals surface area contributed by atoms with Gasteiger partial charge in [-0.2, -0.15) is 0 Å². The number of Topliss-reactive ketones (excluding diaryl/α,β-unsaturated/α-hetero) is 1. The van der Waals surface area contributed by atoms with Crippen molar-refractivity contribution in [2.75, 3.05) is 4.90 Å². The zero-order valence-corrected chi connectivity index (χ0v) is 20.0. The number of carbonyl (C=O) groups excluding carboxylic acids is 3. The molecule has 2 aromatic rings. The van der Waals surface area contributed by atoms with Gasteiger partial charge in [0.15, 0.2) is 6.10 Å². The zero-order chi connectivity index (χ0) is 21.9. The van der Waals surface area contributed by atoms with Gasteiger partial charge in [0.05, 0.1) is 17.5 Å². The second-order valence-electron chi connectivity index (χ2n) is 8.50. The van der Waals surface area contributed by atoms with E-state index in [0.29, 0.717) is 17.0 Å². The monoisotopic (exact) mass is 545 g/mol. The Kier molecular flexibility index (Phi) is 5.29. The summed E-state index contributed by atoms with van der Waals surface area (Å²) in [6.07, 6.45) is 0.204. The van der Waals surface area contributed by atoms with Gasteiger partial charge in [-0.05, 0) is 37.3 Å². The number of halogens is 2. The van der Waals surface area contributed by atoms with Crippen LogP contribution < -0.4 is 9.64 Å². The fraction of sp³-hybridized carbons (Fsp3) is 0.375. The summed E-state index contributed by atoms with van der Waals surface area (Å²) in [7, 11) is 0. The predicted molar refractivity (Wildman–Crippen MR) is 124 cm³/mol. The van der Waals surface area contributed by atoms with Crippen LogP contribution in [0.3, 0.4) is 0 Å². The molecule has 5 nitrogen and oxygen atoms in total. The second kappa shape index (κ2) is 7.85. The van der Waals surface area contributed by atoms with Crippen molar-refractivity contribution in [1.29, 1.82) is 0 Å². The van der Waals surface area contributed by atoms with Gasteiger partial charge in [-0.25, -0.2) is 4.90 Å². The average Bonchev–Trinajstić information content (AvgIpc) is 3.38. The Morgan fingerprint density at radius 2 is 1.58 bits per heavy atom. The number of fused-ring (bicyclic) bond motifs is 5. The molecule has 3 fully saturated rings. The van der Waals surface area contributed by atoms with Crippen LogP contribution in [0.15, 0.2) is 54.6 Å². The first-order valence-corrected chi connectivity index (χ1v) is 12.2. The highest BCUT2D eigenvalue weighted by molar-refractivity contribution is 9.12. The lowest BCUT2D eigenvalue weighted by atomic mass is 9.81. The molecule has 0 unspecified atom stereocenters. The number of imide groups is 1. The minimum Gasteiger partial charge on any atom is -0.482 e. The van der Waals surface area contributed by atoms with E-state index in [0.717, 1.165) is 6.42 Å². The van der Waals surface area contributed by atoms with E-state index in [1.54, 1.807) is 43.3 Å². The maximum atomic E-state index is 13.2. The minimum atomic E-state index is -0.693. The van der Waals surface area contributed by atoms with Gasteiger partial charge in [0, 0.05) is 21.3 Å². The van der Waals surface area contributed by atoms with Crippen LogP contribution in [0.1, 0.15) is 23.7 Å². The Morgan fingerprint density at radius 3 is 2.19 bits per heavy atom. The number of amides is 2. The third kappa shape index (κ3) is 3.28. The topological polar surface area (TPSA) is 63.7 Å². The van der Waals surface area contributed by atoms with Crippen LogP contribution in [0.5, 0.6) is 5.75 Å². The molecule has 0 radical (unpaired) electrons. The normalized spacial score (nSPS) is 32.3. The van der Waals surface area contributed by atoms with Gasteiger partial charge in [-0.1, -0.05) is 68.3 Å². The van der Waals surface area contributed by atoms with Crippen molar-refractivity contribution in [3.05, 3.63) is 60.2 Å². The SMILES string of the molecule is C[C@H](Oc1cccc(N2C(=O)[C@@H]3[C@H]4C[C@@H]([C@H](Br)[C@H]4Br)[C@H]3C2=O)c1)C(=O)c1ccccc1. The van der Waals surface area contributed by atoms with Gasteiger partial charge in [-0.15, -0.1) is 0 Å². The van der Waals surface area contributed by atoms with E-state index in [-0.39, 0.29) is 50.9 Å². The fourth-order valence-electron chi connectivity index (χ4n) is 5.39. The van der Waals surface area contributed by atoms with Crippen LogP contribution in [0, 0.1) is 23.7 Å². The van der Waals surface area contributed by atoms with E-state index in [9.17, 15) is 14.4 Å². The standard InChI is InChI=1S/C24H21Br2NO4/c1-12(22(28)13-6-3-2-4-7-13)31-15-9-5-8-14(10-15)27-23(29)18-16-11-17(19(18)24(27)30)21(26)20(16)25/h2-10,12,16-21H,11H2,1H3/t12-,16+,17+,18+,19+,20-,21-/m0/s1. The molecule has 1 heterocycles. The molecule has 3 aliphatic rings. The van der Waals surface area contributed by atoms with Crippen LogP contribution in [0.25, 0.3) is 0 Å². The molecular formula is C24H21Br2NO4. The van der Waals surface area contributed by atoms with Crippen molar-refractivity contribution in [2.45, 2.75) is 29.1 Å². The summed E-state index contributed by atoms with van der Waals surface area (Å²) < 4.78 is 5.87. The summed E-state index contributed by atoms with van der Waals surface area (Å²) in [5.41, 5.74) is 1.07. The number of hydrogen-bond donors (Lipinski definition) is 0. The van der Waals surface area contributed by atoms with Gasteiger partial charge in [0.25, 0.3) is 0 Å². The molecule has 0 N–H and O–H groups in total. The van der Waals surface area contributed by atoms with Crippen LogP contribution >= 0.6 is 31.9 Å². The molecule has 2 aromatic carbocycles. The zero-order valence-electron chi connectivity index (χ0n) is 16.8. The maximum absolute atomic E-state index is 13.2. The van der Waals surface area contributed by atoms with Crippen LogP contribution in [-0.2, 0) is 9.59 Å². The Hall–Kier alpha value is -1.99. The first-order chi connectivity index (χ1) is 14.9. The number of carbonyl (C=O) groups is 3. The summed E-state index contributed by atoms with van der Waals surface area (Å²) in [5.74, 6) is -0.122. The molecule has 2 aliphatic carbocycles. The molecule has 7 atom stereocenters. The molecule has 1 saturated heterocycles. The van der Waals surface area contributed by atoms with E-state index in [1.165, 1.54) is 4.90 Å². The van der Waals surface area contributed by atoms with Gasteiger partial charge in [-0.3, -0.25) is 14.4 Å². The van der Waals surface area contributed by atoms with Crippen molar-refractivity contribution in [2.24, 2.45) is 23.7 Å². The smallest absolute Gasteiger partial charge is 0.238 e. The van der Waals surface area contributed by atoms with E-state index in [2.05, 4.69) is 31.9 Å². The van der Waals surface area contributed by atoms with Crippen molar-refractivity contribution in [1.82, 2.24) is 0 Å². The largest absolute Gasteiger partial charge is 0.482 e. The molecule has 0 aromatic heterocycles. The van der Waals surface area contributed by atoms with Crippen LogP contribution in [0.2, 0.25) is 0 Å². The Morgan fingerprint density at radius 1 is 0.968 bits per heavy atom. The van der Waals surface area contributed by atoms with Gasteiger partial charge >= 0.3 is 0 Å². The highest BCUT2D eigenvalue weighted by Crippen LogP contribution is 2.60. The lowest BCUT2D eigenvalue weighted by Gasteiger charge is -2.28. The molecule has 2 amide bonds. The minimum absolute atomic E-state index is 0.128. The number of ketones is 1. The molecule has 2 bridgehead atoms. The van der Waals surface area contributed by atoms with Crippen molar-refractivity contribution in [3.8, 4) is 5.75 Å². The number of nitrogens with zero attached hydrogens (tertiary/aromatic N) is 1. The summed E-state index contributed by atoms with van der Waals surface area (Å²) in [6.45, 7) is 1.70. The Labute approximate surface area is 197 Å². The van der Waals surface area contributed by atoms with E-state index in [1.807, 2.05) is 18.2 Å². The fourth-order valence-corrected chi connectivity index (χ4v) is 7.27. The molecule has 1 aliphatic heterocycles. The Balaban J connectivity index is 1.37. The number of ether oxygens (including phenoxy) is 1. The van der Waals surface area contributed by atoms with Crippen molar-refractivity contribution in [3.63, 3.8) is 0 Å². The van der Waals surface area contributed by atoms with Gasteiger partial charge < -0.3 is 4.74 Å². The van der Waals surface area contributed by atoms with E-state index < -0.39 is 6.10 Å². The highest BCUT2D eigenvalue weighted by Gasteiger charge is 2.66. The molecule has 0 spiro atoms. The highest BCUT2D eigenvalue weighted by atomic mass is 79.9. The second-order valence-corrected chi connectivity index (χ2v) is 10.6. The van der Waals surface area contributed by atoms with E-state index >= 15 is 0 Å². The van der Waals surface area contributed by atoms with Crippen molar-refractivity contribution < 1.29 is 19.1 Å². The third-order valence-electron chi connectivity index (χ3n) is 6.80. The van der Waals surface area contributed by atoms with Gasteiger partial charge in [0.2, 0.25) is 17.6 Å². The number of rotatable bonds is 5. The summed E-state index contributed by atoms with van der Waals surface area (Å²) in [6, 6.07) is 15.9. The summed E-state index contributed by atoms with van der Waals surface area (Å²) in [5, 5.41) is 0. The molecular weight excluding hydrogens is 526 g/mol. The molecule has 5 rings (SSSR count). The van der Waals surface area contributed by atoms with E-state index in [4.69, 9.17) is 4.74 Å². The lowest BCUT2D eigenvalue weighted by Crippen LogP contribution is -2.37. The number of alkyl halides is 2. The molecule has 7 heteroatoms. The maximum Gasteiger partial charge on any atom is 0.238 e. The Bertz CT molecular complexity index is 1030. The number of benzene rings is 2. The van der Waals surface area contributed by atoms with Gasteiger partial charge in [0.1, 0.15) is 5.75 Å². The molecule has 2 saturated carbocycles. The first-order valence-electron chi connectivity index (χ1n) is 10.4. The lowest BCUT2D eigenvalue weighted by molar-refractivity contribution is -0.123. The summed E-state index contributed by atoms with van der Waals surface area (Å²) in [4.78, 5) is 40.8. The van der Waals surface area contributed by atoms with Crippen molar-refractivity contribution >= 4 is 55.1 Å². The third-order valence-corrected chi connectivity index (χ3v) is 10.0. The van der Waals surface area contributed by atoms with Crippen LogP contribution in [0.4, 0.5) is 5.69 Å². The molecule has 160 valence electrons. The first kappa shape index (κ1) is 20.9. The molecule has 31 heavy (non-hydrogen) atoms.